The van der Waals surface area contributed by atoms with Crippen LogP contribution in [0.5, 0.6) is 0 Å². The van der Waals surface area contributed by atoms with Crippen molar-refractivity contribution >= 4 is 37.7 Å². The molecule has 0 saturated heterocycles. The minimum absolute atomic E-state index is 0.313. The molecule has 1 N–H and O–H groups in total. The van der Waals surface area contributed by atoms with Gasteiger partial charge in [-0.3, -0.25) is 0 Å². The molecule has 1 heterocycles. The van der Waals surface area contributed by atoms with E-state index < -0.39 is 0 Å². The number of aromatic nitrogens is 2. The average molecular weight is 389 g/mol. The third-order valence-corrected chi connectivity index (χ3v) is 4.17. The first kappa shape index (κ1) is 14.4. The molecule has 0 spiro atoms. The normalized spacial score (nSPS) is 10.6. The number of hydrogen-bond donors (Lipinski definition) is 1. The molecule has 0 radical (unpaired) electrons. The lowest BCUT2D eigenvalue weighted by atomic mass is 10.2. The van der Waals surface area contributed by atoms with Gasteiger partial charge in [0.05, 0.1) is 10.2 Å². The van der Waals surface area contributed by atoms with E-state index in [1.54, 1.807) is 6.07 Å². The minimum atomic E-state index is -0.313. The molecule has 0 atom stereocenters. The summed E-state index contributed by atoms with van der Waals surface area (Å²) in [5.41, 5.74) is 1.44. The predicted molar refractivity (Wildman–Crippen MR) is 81.7 cm³/mol. The lowest BCUT2D eigenvalue weighted by molar-refractivity contribution is 0.628. The standard InChI is InChI=1S/C13H12Br2FN3/c1-3-17-13-11(15)7(2)18-12(19-13)9-6-8(16)4-5-10(9)14/h4-6H,3H2,1-2H3,(H,17,18,19). The molecule has 0 unspecified atom stereocenters. The van der Waals surface area contributed by atoms with Crippen molar-refractivity contribution in [2.24, 2.45) is 0 Å². The molecule has 19 heavy (non-hydrogen) atoms. The maximum absolute atomic E-state index is 13.4. The Labute approximate surface area is 127 Å². The van der Waals surface area contributed by atoms with Crippen molar-refractivity contribution in [1.82, 2.24) is 9.97 Å². The van der Waals surface area contributed by atoms with Gasteiger partial charge < -0.3 is 5.32 Å². The van der Waals surface area contributed by atoms with E-state index in [2.05, 4.69) is 47.1 Å². The highest BCUT2D eigenvalue weighted by molar-refractivity contribution is 9.11. The molecule has 0 aliphatic rings. The van der Waals surface area contributed by atoms with Crippen LogP contribution in [0.3, 0.4) is 0 Å². The van der Waals surface area contributed by atoms with E-state index in [1.807, 2.05) is 13.8 Å². The maximum Gasteiger partial charge on any atom is 0.163 e. The molecule has 0 fully saturated rings. The van der Waals surface area contributed by atoms with Gasteiger partial charge in [0.15, 0.2) is 5.82 Å². The number of rotatable bonds is 3. The Kier molecular flexibility index (Phi) is 4.52. The fourth-order valence-electron chi connectivity index (χ4n) is 1.63. The second-order valence-corrected chi connectivity index (χ2v) is 5.60. The van der Waals surface area contributed by atoms with Gasteiger partial charge in [-0.1, -0.05) is 15.9 Å². The van der Waals surface area contributed by atoms with Crippen molar-refractivity contribution in [2.45, 2.75) is 13.8 Å². The number of nitrogens with one attached hydrogen (secondary N) is 1. The molecule has 1 aromatic carbocycles. The second-order valence-electron chi connectivity index (χ2n) is 3.95. The molecule has 0 aliphatic carbocycles. The molecule has 0 bridgehead atoms. The maximum atomic E-state index is 13.4. The summed E-state index contributed by atoms with van der Waals surface area (Å²) in [4.78, 5) is 8.82. The predicted octanol–water partition coefficient (Wildman–Crippen LogP) is 4.55. The Bertz CT molecular complexity index is 617. The summed E-state index contributed by atoms with van der Waals surface area (Å²) in [5.74, 6) is 0.886. The van der Waals surface area contributed by atoms with Gasteiger partial charge in [-0.05, 0) is 48.0 Å². The second kappa shape index (κ2) is 5.96. The van der Waals surface area contributed by atoms with Gasteiger partial charge >= 0.3 is 0 Å². The van der Waals surface area contributed by atoms with Crippen molar-refractivity contribution in [3.63, 3.8) is 0 Å². The van der Waals surface area contributed by atoms with E-state index in [0.717, 1.165) is 21.2 Å². The molecule has 2 aromatic rings. The SMILES string of the molecule is CCNc1nc(-c2cc(F)ccc2Br)nc(C)c1Br. The monoisotopic (exact) mass is 387 g/mol. The summed E-state index contributed by atoms with van der Waals surface area (Å²) in [6.45, 7) is 4.61. The molecule has 0 amide bonds. The van der Waals surface area contributed by atoms with Crippen LogP contribution in [0.1, 0.15) is 12.6 Å². The number of benzene rings is 1. The zero-order valence-corrected chi connectivity index (χ0v) is 13.6. The molecule has 2 rings (SSSR count). The van der Waals surface area contributed by atoms with Crippen molar-refractivity contribution in [3.05, 3.63) is 38.7 Å². The van der Waals surface area contributed by atoms with Crippen LogP contribution in [0.4, 0.5) is 10.2 Å². The van der Waals surface area contributed by atoms with Crippen LogP contribution in [0.15, 0.2) is 27.1 Å². The molecule has 1 aromatic heterocycles. The van der Waals surface area contributed by atoms with Gasteiger partial charge in [0.25, 0.3) is 0 Å². The van der Waals surface area contributed by atoms with E-state index in [4.69, 9.17) is 0 Å². The molecular formula is C13H12Br2FN3. The Balaban J connectivity index is 2.59. The number of halogens is 3. The van der Waals surface area contributed by atoms with Crippen LogP contribution in [0, 0.1) is 12.7 Å². The topological polar surface area (TPSA) is 37.8 Å². The number of aryl methyl sites for hydroxylation is 1. The van der Waals surface area contributed by atoms with Gasteiger partial charge in [0.2, 0.25) is 0 Å². The Morgan fingerprint density at radius 3 is 2.68 bits per heavy atom. The van der Waals surface area contributed by atoms with Crippen LogP contribution in [-0.2, 0) is 0 Å². The van der Waals surface area contributed by atoms with Crippen LogP contribution in [0.2, 0.25) is 0 Å². The summed E-state index contributed by atoms with van der Waals surface area (Å²) in [6, 6.07) is 4.46. The van der Waals surface area contributed by atoms with Gasteiger partial charge in [0.1, 0.15) is 11.6 Å². The first-order valence-electron chi connectivity index (χ1n) is 5.76. The van der Waals surface area contributed by atoms with E-state index in [0.29, 0.717) is 17.2 Å². The summed E-state index contributed by atoms with van der Waals surface area (Å²) < 4.78 is 14.9. The zero-order valence-electron chi connectivity index (χ0n) is 10.5. The van der Waals surface area contributed by atoms with Crippen molar-refractivity contribution in [1.29, 1.82) is 0 Å². The van der Waals surface area contributed by atoms with E-state index in [9.17, 15) is 4.39 Å². The highest BCUT2D eigenvalue weighted by atomic mass is 79.9. The minimum Gasteiger partial charge on any atom is -0.369 e. The largest absolute Gasteiger partial charge is 0.369 e. The third-order valence-electron chi connectivity index (χ3n) is 2.53. The number of anilines is 1. The van der Waals surface area contributed by atoms with Gasteiger partial charge in [-0.2, -0.15) is 0 Å². The van der Waals surface area contributed by atoms with Crippen molar-refractivity contribution in [3.8, 4) is 11.4 Å². The third kappa shape index (κ3) is 3.12. The molecule has 0 saturated carbocycles. The van der Waals surface area contributed by atoms with Crippen LogP contribution < -0.4 is 5.32 Å². The van der Waals surface area contributed by atoms with Crippen molar-refractivity contribution in [2.75, 3.05) is 11.9 Å². The highest BCUT2D eigenvalue weighted by Crippen LogP contribution is 2.30. The summed E-state index contributed by atoms with van der Waals surface area (Å²) in [5, 5.41) is 3.15. The van der Waals surface area contributed by atoms with Crippen LogP contribution in [-0.4, -0.2) is 16.5 Å². The van der Waals surface area contributed by atoms with Crippen molar-refractivity contribution < 1.29 is 4.39 Å². The van der Waals surface area contributed by atoms with Gasteiger partial charge in [-0.15, -0.1) is 0 Å². The Morgan fingerprint density at radius 1 is 1.26 bits per heavy atom. The molecule has 100 valence electrons. The van der Waals surface area contributed by atoms with E-state index in [1.165, 1.54) is 12.1 Å². The molecule has 6 heteroatoms. The molecule has 3 nitrogen and oxygen atoms in total. The summed E-state index contributed by atoms with van der Waals surface area (Å²) in [6.07, 6.45) is 0. The van der Waals surface area contributed by atoms with Crippen LogP contribution >= 0.6 is 31.9 Å². The zero-order chi connectivity index (χ0) is 14.0. The number of hydrogen-bond acceptors (Lipinski definition) is 3. The molecular weight excluding hydrogens is 377 g/mol. The van der Waals surface area contributed by atoms with Gasteiger partial charge in [0, 0.05) is 16.6 Å². The molecule has 0 aliphatic heterocycles. The quantitative estimate of drug-likeness (QED) is 0.838. The first-order chi connectivity index (χ1) is 9.02. The lowest BCUT2D eigenvalue weighted by Crippen LogP contribution is -2.04. The highest BCUT2D eigenvalue weighted by Gasteiger charge is 2.13. The van der Waals surface area contributed by atoms with E-state index >= 15 is 0 Å². The van der Waals surface area contributed by atoms with Crippen LogP contribution in [0.25, 0.3) is 11.4 Å². The van der Waals surface area contributed by atoms with Gasteiger partial charge in [-0.25, -0.2) is 14.4 Å². The fourth-order valence-corrected chi connectivity index (χ4v) is 2.37. The Morgan fingerprint density at radius 2 is 2.00 bits per heavy atom. The fraction of sp³-hybridized carbons (Fsp3) is 0.231. The average Bonchev–Trinajstić information content (AvgIpc) is 2.38. The summed E-state index contributed by atoms with van der Waals surface area (Å²) in [7, 11) is 0. The Hall–Kier alpha value is -1.01. The number of nitrogens with zero attached hydrogens (tertiary/aromatic N) is 2. The first-order valence-corrected chi connectivity index (χ1v) is 7.35. The summed E-state index contributed by atoms with van der Waals surface area (Å²) >= 11 is 6.84. The smallest absolute Gasteiger partial charge is 0.163 e. The lowest BCUT2D eigenvalue weighted by Gasteiger charge is -2.11. The van der Waals surface area contributed by atoms with E-state index in [-0.39, 0.29) is 5.82 Å².